The fraction of sp³-hybridized carbons (Fsp3) is 0.647. The second kappa shape index (κ2) is 6.34. The summed E-state index contributed by atoms with van der Waals surface area (Å²) >= 11 is 1.77. The first-order chi connectivity index (χ1) is 11.2. The Hall–Kier alpha value is -1.24. The second-order valence-corrected chi connectivity index (χ2v) is 7.87. The van der Waals surface area contributed by atoms with Crippen LogP contribution >= 0.6 is 11.3 Å². The van der Waals surface area contributed by atoms with Crippen molar-refractivity contribution in [2.45, 2.75) is 32.4 Å². The van der Waals surface area contributed by atoms with Gasteiger partial charge in [0, 0.05) is 55.3 Å². The largest absolute Gasteiger partial charge is 0.377 e. The van der Waals surface area contributed by atoms with Crippen LogP contribution in [0.15, 0.2) is 17.8 Å². The number of thiazole rings is 1. The number of aryl methyl sites for hydroxylation is 2. The highest BCUT2D eigenvalue weighted by Gasteiger charge is 2.40. The molecule has 4 heterocycles. The van der Waals surface area contributed by atoms with Crippen LogP contribution in [0.4, 0.5) is 0 Å². The molecule has 2 aliphatic heterocycles. The van der Waals surface area contributed by atoms with Gasteiger partial charge in [-0.15, -0.1) is 11.3 Å². The number of hydrogen-bond donors (Lipinski definition) is 0. The average Bonchev–Trinajstić information content (AvgIpc) is 3.22. The lowest BCUT2D eigenvalue weighted by molar-refractivity contribution is 0.0849. The van der Waals surface area contributed by atoms with Crippen molar-refractivity contribution in [2.75, 3.05) is 19.7 Å². The molecule has 2 aromatic heterocycles. The SMILES string of the molecule is Cc1csc(C[C@H]2OC[C@H]3CN(Cc4cnn(C)c4)CC[C@H]32)n1. The summed E-state index contributed by atoms with van der Waals surface area (Å²) < 4.78 is 8.02. The third-order valence-corrected chi connectivity index (χ3v) is 6.07. The number of hydrogen-bond acceptors (Lipinski definition) is 5. The minimum absolute atomic E-state index is 0.367. The molecule has 0 N–H and O–H groups in total. The molecule has 0 unspecified atom stereocenters. The van der Waals surface area contributed by atoms with E-state index in [2.05, 4.69) is 33.5 Å². The van der Waals surface area contributed by atoms with Crippen molar-refractivity contribution in [3.05, 3.63) is 34.0 Å². The maximum atomic E-state index is 6.14. The maximum absolute atomic E-state index is 6.14. The van der Waals surface area contributed by atoms with Gasteiger partial charge in [-0.1, -0.05) is 0 Å². The maximum Gasteiger partial charge on any atom is 0.0954 e. The van der Waals surface area contributed by atoms with Gasteiger partial charge in [-0.25, -0.2) is 4.98 Å². The van der Waals surface area contributed by atoms with Gasteiger partial charge in [0.2, 0.25) is 0 Å². The molecule has 23 heavy (non-hydrogen) atoms. The van der Waals surface area contributed by atoms with Crippen molar-refractivity contribution >= 4 is 11.3 Å². The summed E-state index contributed by atoms with van der Waals surface area (Å²) in [6.07, 6.45) is 6.68. The highest BCUT2D eigenvalue weighted by Crippen LogP contribution is 2.36. The molecule has 2 fully saturated rings. The Labute approximate surface area is 141 Å². The van der Waals surface area contributed by atoms with Gasteiger partial charge in [0.05, 0.1) is 23.9 Å². The van der Waals surface area contributed by atoms with Gasteiger partial charge in [0.1, 0.15) is 0 Å². The first-order valence-corrected chi connectivity index (χ1v) is 9.28. The van der Waals surface area contributed by atoms with Crippen molar-refractivity contribution < 1.29 is 4.74 Å². The van der Waals surface area contributed by atoms with Crippen LogP contribution in [0.5, 0.6) is 0 Å². The van der Waals surface area contributed by atoms with E-state index in [9.17, 15) is 0 Å². The molecule has 0 aromatic carbocycles. The highest BCUT2D eigenvalue weighted by atomic mass is 32.1. The molecule has 124 valence electrons. The van der Waals surface area contributed by atoms with Crippen LogP contribution in [-0.4, -0.2) is 45.5 Å². The van der Waals surface area contributed by atoms with Gasteiger partial charge in [-0.2, -0.15) is 5.10 Å². The van der Waals surface area contributed by atoms with E-state index in [4.69, 9.17) is 4.74 Å². The third-order valence-electron chi connectivity index (χ3n) is 5.09. The van der Waals surface area contributed by atoms with Crippen LogP contribution < -0.4 is 0 Å². The Morgan fingerprint density at radius 3 is 3.09 bits per heavy atom. The van der Waals surface area contributed by atoms with Crippen LogP contribution in [0, 0.1) is 18.8 Å². The molecule has 3 atom stereocenters. The van der Waals surface area contributed by atoms with Gasteiger partial charge in [-0.3, -0.25) is 9.58 Å². The molecule has 6 heteroatoms. The fourth-order valence-corrected chi connectivity index (χ4v) is 4.81. The Morgan fingerprint density at radius 1 is 1.43 bits per heavy atom. The number of aromatic nitrogens is 3. The lowest BCUT2D eigenvalue weighted by Crippen LogP contribution is -2.41. The van der Waals surface area contributed by atoms with Gasteiger partial charge in [-0.05, 0) is 25.8 Å². The van der Waals surface area contributed by atoms with Crippen molar-refractivity contribution in [3.63, 3.8) is 0 Å². The molecule has 0 spiro atoms. The second-order valence-electron chi connectivity index (χ2n) is 6.93. The van der Waals surface area contributed by atoms with Crippen molar-refractivity contribution in [1.82, 2.24) is 19.7 Å². The smallest absolute Gasteiger partial charge is 0.0954 e. The van der Waals surface area contributed by atoms with E-state index < -0.39 is 0 Å². The van der Waals surface area contributed by atoms with Crippen LogP contribution in [-0.2, 0) is 24.8 Å². The van der Waals surface area contributed by atoms with Gasteiger partial charge < -0.3 is 4.74 Å². The number of ether oxygens (including phenoxy) is 1. The van der Waals surface area contributed by atoms with E-state index in [0.29, 0.717) is 17.9 Å². The Balaban J connectivity index is 1.35. The lowest BCUT2D eigenvalue weighted by atomic mass is 9.83. The number of piperidine rings is 1. The zero-order valence-corrected chi connectivity index (χ0v) is 14.6. The molecule has 0 bridgehead atoms. The first kappa shape index (κ1) is 15.3. The van der Waals surface area contributed by atoms with E-state index in [-0.39, 0.29) is 0 Å². The van der Waals surface area contributed by atoms with Gasteiger partial charge in [0.25, 0.3) is 0 Å². The summed E-state index contributed by atoms with van der Waals surface area (Å²) in [5, 5.41) is 7.63. The molecule has 2 aliphatic rings. The third kappa shape index (κ3) is 3.34. The van der Waals surface area contributed by atoms with E-state index in [1.165, 1.54) is 17.0 Å². The van der Waals surface area contributed by atoms with Crippen molar-refractivity contribution in [3.8, 4) is 0 Å². The summed E-state index contributed by atoms with van der Waals surface area (Å²) in [6, 6.07) is 0. The number of rotatable bonds is 4. The topological polar surface area (TPSA) is 43.2 Å². The standard InChI is InChI=1S/C17H24N4OS/c1-12-11-23-17(19-12)5-16-15-3-4-21(9-14(15)10-22-16)8-13-6-18-20(2)7-13/h6-7,11,14-16H,3-5,8-10H2,1-2H3/t14-,15-,16-/m1/s1. The van der Waals surface area contributed by atoms with Gasteiger partial charge in [0.15, 0.2) is 0 Å². The molecule has 0 aliphatic carbocycles. The molecule has 4 rings (SSSR count). The van der Waals surface area contributed by atoms with E-state index in [0.717, 1.165) is 38.4 Å². The van der Waals surface area contributed by atoms with E-state index in [1.807, 2.05) is 17.9 Å². The highest BCUT2D eigenvalue weighted by molar-refractivity contribution is 7.09. The minimum atomic E-state index is 0.367. The predicted octanol–water partition coefficient (Wildman–Crippen LogP) is 2.26. The quantitative estimate of drug-likeness (QED) is 0.861. The summed E-state index contributed by atoms with van der Waals surface area (Å²) in [5.41, 5.74) is 2.44. The molecule has 2 aromatic rings. The minimum Gasteiger partial charge on any atom is -0.377 e. The van der Waals surface area contributed by atoms with Crippen molar-refractivity contribution in [1.29, 1.82) is 0 Å². The number of fused-ring (bicyclic) bond motifs is 1. The zero-order chi connectivity index (χ0) is 15.8. The van der Waals surface area contributed by atoms with Crippen LogP contribution in [0.1, 0.15) is 22.7 Å². The molecule has 5 nitrogen and oxygen atoms in total. The van der Waals surface area contributed by atoms with Crippen LogP contribution in [0.25, 0.3) is 0 Å². The van der Waals surface area contributed by atoms with Gasteiger partial charge >= 0.3 is 0 Å². The Morgan fingerprint density at radius 2 is 2.35 bits per heavy atom. The molecule has 0 saturated carbocycles. The molecule has 0 amide bonds. The molecule has 0 radical (unpaired) electrons. The Bertz CT molecular complexity index is 667. The summed E-state index contributed by atoms with van der Waals surface area (Å²) in [7, 11) is 1.98. The van der Waals surface area contributed by atoms with Crippen LogP contribution in [0.2, 0.25) is 0 Å². The monoisotopic (exact) mass is 332 g/mol. The number of nitrogens with zero attached hydrogens (tertiary/aromatic N) is 4. The van der Waals surface area contributed by atoms with E-state index in [1.54, 1.807) is 11.3 Å². The summed E-state index contributed by atoms with van der Waals surface area (Å²) in [4.78, 5) is 7.16. The molecular weight excluding hydrogens is 308 g/mol. The average molecular weight is 332 g/mol. The predicted molar refractivity (Wildman–Crippen MR) is 90.4 cm³/mol. The number of likely N-dealkylation sites (tertiary alicyclic amines) is 1. The van der Waals surface area contributed by atoms with Crippen LogP contribution in [0.3, 0.4) is 0 Å². The zero-order valence-electron chi connectivity index (χ0n) is 13.8. The van der Waals surface area contributed by atoms with E-state index >= 15 is 0 Å². The molecule has 2 saturated heterocycles. The summed E-state index contributed by atoms with van der Waals surface area (Å²) in [6.45, 7) is 6.28. The Kier molecular flexibility index (Phi) is 4.22. The summed E-state index contributed by atoms with van der Waals surface area (Å²) in [5.74, 6) is 1.37. The molecular formula is C17H24N4OS. The normalized spacial score (nSPS) is 28.2. The lowest BCUT2D eigenvalue weighted by Gasteiger charge is -2.35. The first-order valence-electron chi connectivity index (χ1n) is 8.40. The van der Waals surface area contributed by atoms with Crippen molar-refractivity contribution in [2.24, 2.45) is 18.9 Å². The fourth-order valence-electron chi connectivity index (χ4n) is 4.00.